The maximum atomic E-state index is 13.1. The third kappa shape index (κ3) is 62.4. The van der Waals surface area contributed by atoms with Gasteiger partial charge in [-0.2, -0.15) is 0 Å². The standard InChI is InChI=1S/C46H90O2.C18H34O2/c1-4-7-10-13-16-19-22-24-26-28-31-34-37-40-43-45(42-39-36-33-30-21-18-15-12-9-6-3)46(47)48-44-41-38-35-32-29-27-25-23-20-17-14-11-8-5-2;1-2-3-4-5-6-7-8-9-10-11-12-13-14-15-16-17-18(19)20/h15,18,45H,4-14,16-17,19-44H2,1-3H3;9-10H,2-8,11-17H2,1H3,(H,19,20)/b18-15-;10-9-. The summed E-state index contributed by atoms with van der Waals surface area (Å²) in [5.41, 5.74) is 0. The molecule has 1 unspecified atom stereocenters. The van der Waals surface area contributed by atoms with E-state index >= 15 is 0 Å². The molecule has 0 aromatic heterocycles. The Morgan fingerprint density at radius 1 is 0.324 bits per heavy atom. The van der Waals surface area contributed by atoms with Crippen molar-refractivity contribution in [1.82, 2.24) is 0 Å². The third-order valence-electron chi connectivity index (χ3n) is 14.2. The molecule has 0 bridgehead atoms. The van der Waals surface area contributed by atoms with Crippen molar-refractivity contribution < 1.29 is 19.4 Å². The number of ether oxygens (including phenoxy) is 1. The van der Waals surface area contributed by atoms with E-state index in [-0.39, 0.29) is 11.9 Å². The van der Waals surface area contributed by atoms with Gasteiger partial charge in [0.15, 0.2) is 0 Å². The average Bonchev–Trinajstić information content (AvgIpc) is 3.34. The average molecular weight is 958 g/mol. The van der Waals surface area contributed by atoms with Crippen LogP contribution < -0.4 is 0 Å². The van der Waals surface area contributed by atoms with E-state index in [0.717, 1.165) is 32.1 Å². The quantitative estimate of drug-likeness (QED) is 0.0375. The summed E-state index contributed by atoms with van der Waals surface area (Å²) in [6.45, 7) is 9.75. The molecule has 4 nitrogen and oxygen atoms in total. The van der Waals surface area contributed by atoms with E-state index < -0.39 is 5.97 Å². The molecule has 1 atom stereocenters. The maximum absolute atomic E-state index is 13.1. The fraction of sp³-hybridized carbons (Fsp3) is 0.906. The first-order chi connectivity index (χ1) is 33.5. The minimum atomic E-state index is -0.664. The molecule has 0 aliphatic carbocycles. The van der Waals surface area contributed by atoms with E-state index in [9.17, 15) is 9.59 Å². The van der Waals surface area contributed by atoms with Crippen LogP contribution in [0.4, 0.5) is 0 Å². The van der Waals surface area contributed by atoms with Crippen LogP contribution in [-0.4, -0.2) is 23.7 Å². The summed E-state index contributed by atoms with van der Waals surface area (Å²) in [4.78, 5) is 23.4. The number of hydrogen-bond acceptors (Lipinski definition) is 3. The zero-order valence-corrected chi connectivity index (χ0v) is 47.0. The number of carbonyl (C=O) groups excluding carboxylic acids is 1. The van der Waals surface area contributed by atoms with E-state index in [1.54, 1.807) is 0 Å². The highest BCUT2D eigenvalue weighted by atomic mass is 16.5. The van der Waals surface area contributed by atoms with Crippen LogP contribution >= 0.6 is 0 Å². The minimum Gasteiger partial charge on any atom is -0.481 e. The van der Waals surface area contributed by atoms with Gasteiger partial charge in [0.25, 0.3) is 0 Å². The van der Waals surface area contributed by atoms with Gasteiger partial charge in [0.1, 0.15) is 0 Å². The highest BCUT2D eigenvalue weighted by molar-refractivity contribution is 5.72. The summed E-state index contributed by atoms with van der Waals surface area (Å²) in [5.74, 6) is -0.427. The maximum Gasteiger partial charge on any atom is 0.308 e. The van der Waals surface area contributed by atoms with E-state index in [1.807, 2.05) is 0 Å². The van der Waals surface area contributed by atoms with Gasteiger partial charge in [-0.15, -0.1) is 0 Å². The van der Waals surface area contributed by atoms with Crippen molar-refractivity contribution in [3.63, 3.8) is 0 Å². The zero-order chi connectivity index (χ0) is 49.7. The molecular formula is C64H124O4. The van der Waals surface area contributed by atoms with Gasteiger partial charge in [0.2, 0.25) is 0 Å². The number of carboxylic acid groups (broad SMARTS) is 1. The van der Waals surface area contributed by atoms with E-state index in [0.29, 0.717) is 13.0 Å². The van der Waals surface area contributed by atoms with Crippen LogP contribution in [-0.2, 0) is 14.3 Å². The Labute approximate surface area is 428 Å². The second-order valence-electron chi connectivity index (χ2n) is 21.2. The molecule has 0 amide bonds. The van der Waals surface area contributed by atoms with Gasteiger partial charge in [0.05, 0.1) is 12.5 Å². The molecule has 0 fully saturated rings. The van der Waals surface area contributed by atoms with Crippen molar-refractivity contribution in [2.24, 2.45) is 5.92 Å². The van der Waals surface area contributed by atoms with Crippen molar-refractivity contribution in [1.29, 1.82) is 0 Å². The van der Waals surface area contributed by atoms with Crippen LogP contribution in [0.25, 0.3) is 0 Å². The summed E-state index contributed by atoms with van der Waals surface area (Å²) < 4.78 is 5.88. The van der Waals surface area contributed by atoms with Gasteiger partial charge in [-0.1, -0.05) is 309 Å². The molecule has 0 aliphatic heterocycles. The number of carboxylic acids is 1. The Kier molecular flexibility index (Phi) is 63.9. The molecule has 0 radical (unpaired) electrons. The summed E-state index contributed by atoms with van der Waals surface area (Å²) in [7, 11) is 0. The normalized spacial score (nSPS) is 12.0. The first-order valence-electron chi connectivity index (χ1n) is 31.2. The second-order valence-corrected chi connectivity index (χ2v) is 21.2. The fourth-order valence-corrected chi connectivity index (χ4v) is 9.46. The Hall–Kier alpha value is -1.58. The van der Waals surface area contributed by atoms with Gasteiger partial charge in [-0.3, -0.25) is 9.59 Å². The van der Waals surface area contributed by atoms with Crippen LogP contribution in [0, 0.1) is 5.92 Å². The van der Waals surface area contributed by atoms with Gasteiger partial charge < -0.3 is 9.84 Å². The van der Waals surface area contributed by atoms with E-state index in [2.05, 4.69) is 52.0 Å². The number of aliphatic carboxylic acids is 1. The Bertz CT molecular complexity index is 1000. The Morgan fingerprint density at radius 3 is 0.882 bits per heavy atom. The van der Waals surface area contributed by atoms with E-state index in [1.165, 1.54) is 295 Å². The van der Waals surface area contributed by atoms with Crippen molar-refractivity contribution in [2.45, 2.75) is 362 Å². The smallest absolute Gasteiger partial charge is 0.308 e. The number of allylic oxidation sites excluding steroid dienone is 4. The summed E-state index contributed by atoms with van der Waals surface area (Å²) in [6, 6.07) is 0. The molecule has 0 aromatic carbocycles. The van der Waals surface area contributed by atoms with Crippen LogP contribution in [0.2, 0.25) is 0 Å². The number of hydrogen-bond donors (Lipinski definition) is 1. The molecule has 1 N–H and O–H groups in total. The van der Waals surface area contributed by atoms with Crippen LogP contribution in [0.1, 0.15) is 362 Å². The minimum absolute atomic E-state index is 0.109. The highest BCUT2D eigenvalue weighted by Gasteiger charge is 2.19. The lowest BCUT2D eigenvalue weighted by molar-refractivity contribution is -0.149. The van der Waals surface area contributed by atoms with Crippen molar-refractivity contribution in [3.8, 4) is 0 Å². The lowest BCUT2D eigenvalue weighted by Gasteiger charge is -2.16. The molecule has 68 heavy (non-hydrogen) atoms. The molecule has 0 spiro atoms. The predicted octanol–water partition coefficient (Wildman–Crippen LogP) is 22.7. The highest BCUT2D eigenvalue weighted by Crippen LogP contribution is 2.22. The zero-order valence-electron chi connectivity index (χ0n) is 47.0. The first kappa shape index (κ1) is 68.5. The molecule has 0 heterocycles. The molecule has 0 aromatic rings. The largest absolute Gasteiger partial charge is 0.481 e. The van der Waals surface area contributed by atoms with Crippen LogP contribution in [0.5, 0.6) is 0 Å². The molecule has 0 aliphatic rings. The molecular weight excluding hydrogens is 833 g/mol. The monoisotopic (exact) mass is 957 g/mol. The number of carbonyl (C=O) groups is 2. The third-order valence-corrected chi connectivity index (χ3v) is 14.2. The van der Waals surface area contributed by atoms with Crippen LogP contribution in [0.15, 0.2) is 24.3 Å². The van der Waals surface area contributed by atoms with Gasteiger partial charge in [-0.25, -0.2) is 0 Å². The Balaban J connectivity index is 0. The van der Waals surface area contributed by atoms with Crippen molar-refractivity contribution >= 4 is 11.9 Å². The lowest BCUT2D eigenvalue weighted by Crippen LogP contribution is -2.18. The molecule has 404 valence electrons. The van der Waals surface area contributed by atoms with Crippen molar-refractivity contribution in [3.05, 3.63) is 24.3 Å². The number of esters is 1. The van der Waals surface area contributed by atoms with Gasteiger partial charge in [-0.05, 0) is 70.6 Å². The van der Waals surface area contributed by atoms with E-state index in [4.69, 9.17) is 9.84 Å². The first-order valence-corrected chi connectivity index (χ1v) is 31.2. The molecule has 0 rings (SSSR count). The summed E-state index contributed by atoms with van der Waals surface area (Å²) >= 11 is 0. The lowest BCUT2D eigenvalue weighted by atomic mass is 9.94. The second kappa shape index (κ2) is 63.4. The predicted molar refractivity (Wildman–Crippen MR) is 303 cm³/mol. The molecule has 0 saturated heterocycles. The van der Waals surface area contributed by atoms with Crippen LogP contribution in [0.3, 0.4) is 0 Å². The molecule has 0 saturated carbocycles. The number of unbranched alkanes of at least 4 members (excludes halogenated alkanes) is 43. The van der Waals surface area contributed by atoms with Gasteiger partial charge in [0, 0.05) is 6.42 Å². The summed E-state index contributed by atoms with van der Waals surface area (Å²) in [5, 5.41) is 8.51. The fourth-order valence-electron chi connectivity index (χ4n) is 9.46. The van der Waals surface area contributed by atoms with Gasteiger partial charge >= 0.3 is 11.9 Å². The SMILES string of the molecule is CCCC/C=C\CCCCCCC(CCCCCCCCCCCCCCCC)C(=O)OCCCCCCCCCCCCCCCC.CCCCCCCC/C=C\CCCCCCCC(=O)O. The number of rotatable bonds is 56. The Morgan fingerprint density at radius 2 is 0.574 bits per heavy atom. The topological polar surface area (TPSA) is 63.6 Å². The summed E-state index contributed by atoms with van der Waals surface area (Å²) in [6.07, 6.45) is 76.5. The molecule has 4 heteroatoms. The van der Waals surface area contributed by atoms with Crippen molar-refractivity contribution in [2.75, 3.05) is 6.61 Å².